The first kappa shape index (κ1) is 23.2. The van der Waals surface area contributed by atoms with Gasteiger partial charge in [0.2, 0.25) is 5.91 Å². The molecule has 1 aliphatic rings. The van der Waals surface area contributed by atoms with Gasteiger partial charge in [0, 0.05) is 12.7 Å². The van der Waals surface area contributed by atoms with Crippen molar-refractivity contribution in [3.63, 3.8) is 0 Å². The lowest BCUT2D eigenvalue weighted by atomic mass is 10.0. The van der Waals surface area contributed by atoms with Crippen LogP contribution in [0.25, 0.3) is 10.2 Å². The van der Waals surface area contributed by atoms with Gasteiger partial charge < -0.3 is 10.6 Å². The number of thiazole rings is 1. The zero-order chi connectivity index (χ0) is 24.1. The number of carbonyl (C=O) groups excluding carboxylic acids is 2. The van der Waals surface area contributed by atoms with Gasteiger partial charge in [0.1, 0.15) is 0 Å². The van der Waals surface area contributed by atoms with Crippen LogP contribution in [0.1, 0.15) is 56.2 Å². The molecule has 0 aliphatic heterocycles. The molecule has 4 rings (SSSR count). The van der Waals surface area contributed by atoms with Crippen LogP contribution in [-0.2, 0) is 4.79 Å². The Morgan fingerprint density at radius 2 is 1.73 bits per heavy atom. The zero-order valence-electron chi connectivity index (χ0n) is 20.3. The number of carbonyl (C=O) groups is 2. The molecule has 2 atom stereocenters. The minimum absolute atomic E-state index is 0. The van der Waals surface area contributed by atoms with E-state index in [0.717, 1.165) is 27.0 Å². The molecule has 1 aliphatic carbocycles. The van der Waals surface area contributed by atoms with E-state index in [1.165, 1.54) is 22.5 Å². The van der Waals surface area contributed by atoms with Crippen molar-refractivity contribution in [3.05, 3.63) is 64.2 Å². The Hall–Kier alpha value is -2.99. The highest BCUT2D eigenvalue weighted by Gasteiger charge is 2.60. The van der Waals surface area contributed by atoms with Gasteiger partial charge in [0.25, 0.3) is 5.91 Å². The van der Waals surface area contributed by atoms with Gasteiger partial charge in [0.15, 0.2) is 5.13 Å². The minimum Gasteiger partial charge on any atom is -0.322 e. The highest BCUT2D eigenvalue weighted by atomic mass is 32.1. The number of hydrogen-bond donors (Lipinski definition) is 2. The first-order valence-electron chi connectivity index (χ1n) is 11.2. The molecule has 33 heavy (non-hydrogen) atoms. The van der Waals surface area contributed by atoms with Gasteiger partial charge in [-0.15, -0.1) is 0 Å². The van der Waals surface area contributed by atoms with E-state index >= 15 is 0 Å². The molecule has 1 saturated carbocycles. The maximum Gasteiger partial charge on any atom is 0.255 e. The average molecular weight is 464 g/mol. The van der Waals surface area contributed by atoms with E-state index in [-0.39, 0.29) is 30.5 Å². The van der Waals surface area contributed by atoms with Crippen molar-refractivity contribution < 1.29 is 11.0 Å². The smallest absolute Gasteiger partial charge is 0.255 e. The standard InChI is InChI=1S/C27H31N3O2S.H2/c1-14(2)10-19-22(27(19,6)7)25(32)30-26-28-20-9-8-18(13-21(20)33-26)24(31)29-23-16(4)11-15(3)12-17(23)5;/h8-13,19,22H,1-7H3,(H,29,31)(H,28,30,32);1H/t19-,22+;/m0./s1. The zero-order valence-corrected chi connectivity index (χ0v) is 21.1. The van der Waals surface area contributed by atoms with Crippen LogP contribution in [0.4, 0.5) is 10.8 Å². The van der Waals surface area contributed by atoms with Crippen LogP contribution < -0.4 is 10.6 Å². The van der Waals surface area contributed by atoms with Crippen molar-refractivity contribution in [2.75, 3.05) is 10.6 Å². The number of nitrogens with zero attached hydrogens (tertiary/aromatic N) is 1. The minimum atomic E-state index is -0.157. The summed E-state index contributed by atoms with van der Waals surface area (Å²) >= 11 is 1.39. The Morgan fingerprint density at radius 3 is 2.36 bits per heavy atom. The molecule has 2 N–H and O–H groups in total. The fourth-order valence-electron chi connectivity index (χ4n) is 4.71. The summed E-state index contributed by atoms with van der Waals surface area (Å²) < 4.78 is 0.867. The number of anilines is 2. The van der Waals surface area contributed by atoms with Crippen LogP contribution >= 0.6 is 11.3 Å². The van der Waals surface area contributed by atoms with Crippen molar-refractivity contribution in [2.24, 2.45) is 17.3 Å². The van der Waals surface area contributed by atoms with Crippen LogP contribution in [0.15, 0.2) is 42.0 Å². The van der Waals surface area contributed by atoms with Crippen LogP contribution in [0.2, 0.25) is 0 Å². The molecule has 0 spiro atoms. The molecular weight excluding hydrogens is 430 g/mol. The van der Waals surface area contributed by atoms with E-state index in [2.05, 4.69) is 61.5 Å². The van der Waals surface area contributed by atoms with E-state index in [4.69, 9.17) is 0 Å². The monoisotopic (exact) mass is 463 g/mol. The molecule has 1 aromatic heterocycles. The molecule has 1 heterocycles. The Morgan fingerprint density at radius 1 is 1.06 bits per heavy atom. The number of aromatic nitrogens is 1. The largest absolute Gasteiger partial charge is 0.322 e. The summed E-state index contributed by atoms with van der Waals surface area (Å²) in [7, 11) is 0. The van der Waals surface area contributed by atoms with Gasteiger partial charge >= 0.3 is 0 Å². The second-order valence-corrected chi connectivity index (χ2v) is 11.0. The van der Waals surface area contributed by atoms with Gasteiger partial charge in [0.05, 0.1) is 16.1 Å². The number of benzene rings is 2. The van der Waals surface area contributed by atoms with Gasteiger partial charge in [-0.3, -0.25) is 9.59 Å². The van der Waals surface area contributed by atoms with Crippen molar-refractivity contribution in [1.29, 1.82) is 0 Å². The summed E-state index contributed by atoms with van der Waals surface area (Å²) in [6, 6.07) is 9.57. The molecule has 0 radical (unpaired) electrons. The van der Waals surface area contributed by atoms with Crippen LogP contribution in [0.3, 0.4) is 0 Å². The summed E-state index contributed by atoms with van der Waals surface area (Å²) in [6.45, 7) is 14.4. The third-order valence-corrected chi connectivity index (χ3v) is 7.44. The molecule has 1 fully saturated rings. The highest BCUT2D eigenvalue weighted by Crippen LogP contribution is 2.59. The summed E-state index contributed by atoms with van der Waals surface area (Å²) in [5.74, 6) is 0.0441. The summed E-state index contributed by atoms with van der Waals surface area (Å²) in [5.41, 5.74) is 6.62. The van der Waals surface area contributed by atoms with Crippen LogP contribution in [-0.4, -0.2) is 16.8 Å². The Labute approximate surface area is 200 Å². The number of allylic oxidation sites excluding steroid dienone is 2. The predicted octanol–water partition coefficient (Wildman–Crippen LogP) is 6.90. The molecule has 2 amide bonds. The lowest BCUT2D eigenvalue weighted by molar-refractivity contribution is -0.118. The van der Waals surface area contributed by atoms with Crippen molar-refractivity contribution >= 4 is 44.2 Å². The quantitative estimate of drug-likeness (QED) is 0.404. The normalized spacial score (nSPS) is 18.6. The van der Waals surface area contributed by atoms with E-state index in [1.807, 2.05) is 32.9 Å². The van der Waals surface area contributed by atoms with Crippen LogP contribution in [0, 0.1) is 38.0 Å². The van der Waals surface area contributed by atoms with E-state index < -0.39 is 0 Å². The molecule has 0 unspecified atom stereocenters. The first-order valence-corrected chi connectivity index (χ1v) is 12.0. The number of hydrogen-bond acceptors (Lipinski definition) is 4. The number of fused-ring (bicyclic) bond motifs is 1. The number of aryl methyl sites for hydroxylation is 3. The SMILES string of the molecule is CC(C)=C[C@H]1[C@H](C(=O)Nc2nc3ccc(C(=O)Nc4c(C)cc(C)cc4C)cc3s2)C1(C)C.[HH]. The Balaban J connectivity index is 0.00000324. The Bertz CT molecular complexity index is 1280. The summed E-state index contributed by atoms with van der Waals surface area (Å²) in [4.78, 5) is 30.4. The average Bonchev–Trinajstić information content (AvgIpc) is 3.04. The topological polar surface area (TPSA) is 71.1 Å². The molecular formula is C27H33N3O2S. The second kappa shape index (κ2) is 8.41. The maximum absolute atomic E-state index is 12.9. The number of amides is 2. The third kappa shape index (κ3) is 4.58. The van der Waals surface area contributed by atoms with Crippen molar-refractivity contribution in [1.82, 2.24) is 4.98 Å². The van der Waals surface area contributed by atoms with E-state index in [1.54, 1.807) is 6.07 Å². The number of nitrogens with one attached hydrogen (secondary N) is 2. The fraction of sp³-hybridized carbons (Fsp3) is 0.370. The molecule has 174 valence electrons. The van der Waals surface area contributed by atoms with Crippen molar-refractivity contribution in [3.8, 4) is 0 Å². The molecule has 5 nitrogen and oxygen atoms in total. The lowest BCUT2D eigenvalue weighted by Gasteiger charge is -2.12. The second-order valence-electron chi connectivity index (χ2n) is 9.99. The van der Waals surface area contributed by atoms with E-state index in [9.17, 15) is 9.59 Å². The number of rotatable bonds is 5. The molecule has 3 aromatic rings. The summed E-state index contributed by atoms with van der Waals surface area (Å²) in [6.07, 6.45) is 2.19. The Kier molecular flexibility index (Phi) is 5.91. The fourth-order valence-corrected chi connectivity index (χ4v) is 5.62. The third-order valence-electron chi connectivity index (χ3n) is 6.50. The van der Waals surface area contributed by atoms with Gasteiger partial charge in [-0.1, -0.05) is 54.5 Å². The van der Waals surface area contributed by atoms with Crippen LogP contribution in [0.5, 0.6) is 0 Å². The molecule has 0 saturated heterocycles. The molecule has 2 aromatic carbocycles. The van der Waals surface area contributed by atoms with E-state index in [0.29, 0.717) is 10.7 Å². The van der Waals surface area contributed by atoms with Gasteiger partial charge in [-0.2, -0.15) is 0 Å². The first-order chi connectivity index (χ1) is 15.5. The molecule has 0 bridgehead atoms. The summed E-state index contributed by atoms with van der Waals surface area (Å²) in [5, 5.41) is 6.61. The van der Waals surface area contributed by atoms with Gasteiger partial charge in [-0.05, 0) is 75.3 Å². The highest BCUT2D eigenvalue weighted by molar-refractivity contribution is 7.22. The predicted molar refractivity (Wildman–Crippen MR) is 139 cm³/mol. The molecule has 6 heteroatoms. The van der Waals surface area contributed by atoms with Crippen molar-refractivity contribution in [2.45, 2.75) is 48.5 Å². The maximum atomic E-state index is 12.9. The lowest BCUT2D eigenvalue weighted by Crippen LogP contribution is -2.16. The van der Waals surface area contributed by atoms with Gasteiger partial charge in [-0.25, -0.2) is 4.98 Å².